The van der Waals surface area contributed by atoms with Crippen molar-refractivity contribution in [1.29, 1.82) is 0 Å². The maximum absolute atomic E-state index is 12.8. The summed E-state index contributed by atoms with van der Waals surface area (Å²) in [4.78, 5) is 14.8. The van der Waals surface area contributed by atoms with Crippen LogP contribution in [0.1, 0.15) is 30.1 Å². The highest BCUT2D eigenvalue weighted by Gasteiger charge is 2.23. The number of rotatable bonds is 6. The van der Waals surface area contributed by atoms with E-state index in [-0.39, 0.29) is 27.4 Å². The lowest BCUT2D eigenvalue weighted by Gasteiger charge is -2.31. The van der Waals surface area contributed by atoms with Gasteiger partial charge in [0.1, 0.15) is 4.90 Å². The second-order valence-corrected chi connectivity index (χ2v) is 9.43. The number of piperidine rings is 1. The van der Waals surface area contributed by atoms with Crippen LogP contribution < -0.4 is 10.0 Å². The first-order valence-electron chi connectivity index (χ1n) is 9.39. The van der Waals surface area contributed by atoms with Gasteiger partial charge in [-0.1, -0.05) is 30.1 Å². The predicted molar refractivity (Wildman–Crippen MR) is 116 cm³/mol. The van der Waals surface area contributed by atoms with Gasteiger partial charge in [-0.25, -0.2) is 8.42 Å². The molecular formula is C20H23Cl2N3O3S. The standard InChI is InChI=1S/C20H23Cl2N3O3S/c1-2-25-11-9-16(10-12-25)23-20(26)14-3-8-18(22)19(13-14)29(27,28)24-17-6-4-15(21)5-7-17/h3-8,13,16,24H,2,9-12H2,1H3,(H,23,26). The number of likely N-dealkylation sites (tertiary alicyclic amines) is 1. The summed E-state index contributed by atoms with van der Waals surface area (Å²) in [6.45, 7) is 4.99. The molecule has 156 valence electrons. The molecule has 3 rings (SSSR count). The van der Waals surface area contributed by atoms with Crippen molar-refractivity contribution in [3.63, 3.8) is 0 Å². The topological polar surface area (TPSA) is 78.5 Å². The highest BCUT2D eigenvalue weighted by molar-refractivity contribution is 7.92. The fourth-order valence-electron chi connectivity index (χ4n) is 3.24. The summed E-state index contributed by atoms with van der Waals surface area (Å²) in [7, 11) is -3.97. The highest BCUT2D eigenvalue weighted by Crippen LogP contribution is 2.26. The molecule has 0 saturated carbocycles. The average Bonchev–Trinajstić information content (AvgIpc) is 2.70. The smallest absolute Gasteiger partial charge is 0.263 e. The van der Waals surface area contributed by atoms with Crippen molar-refractivity contribution >= 4 is 44.8 Å². The van der Waals surface area contributed by atoms with Gasteiger partial charge in [0.05, 0.1) is 5.02 Å². The number of halogens is 2. The number of hydrogen-bond acceptors (Lipinski definition) is 4. The molecule has 1 amide bonds. The summed E-state index contributed by atoms with van der Waals surface area (Å²) < 4.78 is 28.0. The second kappa shape index (κ2) is 9.34. The first-order valence-corrected chi connectivity index (χ1v) is 11.6. The summed E-state index contributed by atoms with van der Waals surface area (Å²) in [5, 5.41) is 3.53. The molecule has 0 atom stereocenters. The lowest BCUT2D eigenvalue weighted by atomic mass is 10.0. The van der Waals surface area contributed by atoms with E-state index in [9.17, 15) is 13.2 Å². The van der Waals surface area contributed by atoms with Gasteiger partial charge in [0, 0.05) is 35.4 Å². The van der Waals surface area contributed by atoms with E-state index >= 15 is 0 Å². The van der Waals surface area contributed by atoms with Crippen LogP contribution >= 0.6 is 23.2 Å². The van der Waals surface area contributed by atoms with Gasteiger partial charge in [-0.2, -0.15) is 0 Å². The zero-order valence-corrected chi connectivity index (χ0v) is 18.3. The first kappa shape index (κ1) is 21.9. The first-order chi connectivity index (χ1) is 13.8. The number of carbonyl (C=O) groups is 1. The van der Waals surface area contributed by atoms with E-state index in [4.69, 9.17) is 23.2 Å². The van der Waals surface area contributed by atoms with Gasteiger partial charge < -0.3 is 10.2 Å². The molecule has 0 aromatic heterocycles. The lowest BCUT2D eigenvalue weighted by molar-refractivity contribution is 0.0912. The number of hydrogen-bond donors (Lipinski definition) is 2. The van der Waals surface area contributed by atoms with Crippen LogP contribution in [0.15, 0.2) is 47.4 Å². The minimum absolute atomic E-state index is 0.0410. The predicted octanol–water partition coefficient (Wildman–Crippen LogP) is 4.01. The van der Waals surface area contributed by atoms with Crippen molar-refractivity contribution in [2.45, 2.75) is 30.7 Å². The molecule has 9 heteroatoms. The van der Waals surface area contributed by atoms with Crippen LogP contribution in [0.4, 0.5) is 5.69 Å². The fraction of sp³-hybridized carbons (Fsp3) is 0.350. The van der Waals surface area contributed by atoms with E-state index in [1.807, 2.05) is 0 Å². The van der Waals surface area contributed by atoms with Crippen LogP contribution in [-0.2, 0) is 10.0 Å². The Labute approximate surface area is 181 Å². The molecule has 1 aliphatic heterocycles. The Morgan fingerprint density at radius 1 is 1.10 bits per heavy atom. The summed E-state index contributed by atoms with van der Waals surface area (Å²) in [6.07, 6.45) is 1.74. The van der Waals surface area contributed by atoms with Crippen LogP contribution in [0.5, 0.6) is 0 Å². The van der Waals surface area contributed by atoms with Gasteiger partial charge in [0.2, 0.25) is 0 Å². The van der Waals surface area contributed by atoms with Crippen LogP contribution in [0, 0.1) is 0 Å². The zero-order valence-electron chi connectivity index (χ0n) is 16.0. The lowest BCUT2D eigenvalue weighted by Crippen LogP contribution is -2.44. The minimum atomic E-state index is -3.97. The molecule has 1 saturated heterocycles. The molecule has 0 aliphatic carbocycles. The zero-order chi connectivity index (χ0) is 21.0. The quantitative estimate of drug-likeness (QED) is 0.689. The van der Waals surface area contributed by atoms with Crippen LogP contribution in [0.2, 0.25) is 10.0 Å². The van der Waals surface area contributed by atoms with Crippen molar-refractivity contribution in [2.24, 2.45) is 0 Å². The van der Waals surface area contributed by atoms with E-state index in [1.54, 1.807) is 24.3 Å². The van der Waals surface area contributed by atoms with Crippen molar-refractivity contribution < 1.29 is 13.2 Å². The fourth-order valence-corrected chi connectivity index (χ4v) is 4.95. The molecule has 2 aromatic carbocycles. The van der Waals surface area contributed by atoms with Crippen molar-refractivity contribution in [3.8, 4) is 0 Å². The number of amides is 1. The van der Waals surface area contributed by atoms with Gasteiger partial charge in [0.25, 0.3) is 15.9 Å². The van der Waals surface area contributed by atoms with Crippen LogP contribution in [-0.4, -0.2) is 44.9 Å². The van der Waals surface area contributed by atoms with Crippen molar-refractivity contribution in [1.82, 2.24) is 10.2 Å². The molecule has 29 heavy (non-hydrogen) atoms. The van der Waals surface area contributed by atoms with Crippen molar-refractivity contribution in [3.05, 3.63) is 58.1 Å². The van der Waals surface area contributed by atoms with Crippen LogP contribution in [0.3, 0.4) is 0 Å². The Bertz CT molecular complexity index is 973. The third kappa shape index (κ3) is 5.63. The number of nitrogens with zero attached hydrogens (tertiary/aromatic N) is 1. The largest absolute Gasteiger partial charge is 0.349 e. The van der Waals surface area contributed by atoms with E-state index in [0.717, 1.165) is 32.5 Å². The molecule has 0 bridgehead atoms. The normalized spacial score (nSPS) is 15.8. The summed E-state index contributed by atoms with van der Waals surface area (Å²) >= 11 is 12.0. The van der Waals surface area contributed by atoms with Gasteiger partial charge in [-0.05, 0) is 61.9 Å². The van der Waals surface area contributed by atoms with Gasteiger partial charge in [0.15, 0.2) is 0 Å². The minimum Gasteiger partial charge on any atom is -0.349 e. The SMILES string of the molecule is CCN1CCC(NC(=O)c2ccc(Cl)c(S(=O)(=O)Nc3ccc(Cl)cc3)c2)CC1. The van der Waals surface area contributed by atoms with Crippen molar-refractivity contribution in [2.75, 3.05) is 24.4 Å². The molecule has 0 unspecified atom stereocenters. The molecule has 1 aliphatic rings. The number of benzene rings is 2. The third-order valence-corrected chi connectivity index (χ3v) is 7.06. The summed E-state index contributed by atoms with van der Waals surface area (Å²) in [5.41, 5.74) is 0.604. The van der Waals surface area contributed by atoms with E-state index in [2.05, 4.69) is 21.9 Å². The summed E-state index contributed by atoms with van der Waals surface area (Å²) in [6, 6.07) is 10.6. The molecule has 6 nitrogen and oxygen atoms in total. The Balaban J connectivity index is 1.75. The molecule has 1 heterocycles. The van der Waals surface area contributed by atoms with Gasteiger partial charge >= 0.3 is 0 Å². The monoisotopic (exact) mass is 455 g/mol. The maximum atomic E-state index is 12.8. The number of anilines is 1. The Morgan fingerprint density at radius 3 is 2.38 bits per heavy atom. The Morgan fingerprint density at radius 2 is 1.76 bits per heavy atom. The highest BCUT2D eigenvalue weighted by atomic mass is 35.5. The van der Waals surface area contributed by atoms with Gasteiger partial charge in [-0.15, -0.1) is 0 Å². The molecule has 2 N–H and O–H groups in total. The molecule has 0 radical (unpaired) electrons. The van der Waals surface area contributed by atoms with E-state index in [1.165, 1.54) is 18.2 Å². The average molecular weight is 456 g/mol. The number of sulfonamides is 1. The summed E-state index contributed by atoms with van der Waals surface area (Å²) in [5.74, 6) is -0.306. The van der Waals surface area contributed by atoms with Crippen LogP contribution in [0.25, 0.3) is 0 Å². The molecule has 1 fully saturated rings. The molecular weight excluding hydrogens is 433 g/mol. The third-order valence-electron chi connectivity index (χ3n) is 4.95. The number of carbonyl (C=O) groups excluding carboxylic acids is 1. The Kier molecular flexibility index (Phi) is 7.05. The molecule has 0 spiro atoms. The van der Waals surface area contributed by atoms with E-state index in [0.29, 0.717) is 10.7 Å². The Hall–Kier alpha value is -1.80. The molecule has 2 aromatic rings. The second-order valence-electron chi connectivity index (χ2n) is 6.94. The van der Waals surface area contributed by atoms with E-state index < -0.39 is 10.0 Å². The number of nitrogens with one attached hydrogen (secondary N) is 2. The maximum Gasteiger partial charge on any atom is 0.263 e. The van der Waals surface area contributed by atoms with Gasteiger partial charge in [-0.3, -0.25) is 9.52 Å².